The minimum atomic E-state index is -2.13. The Hall–Kier alpha value is 0.756. The molecule has 1 aliphatic carbocycles. The van der Waals surface area contributed by atoms with Crippen LogP contribution in [0.1, 0.15) is 65.7 Å². The molecule has 0 aromatic carbocycles. The van der Waals surface area contributed by atoms with Crippen molar-refractivity contribution in [3.8, 4) is 0 Å². The van der Waals surface area contributed by atoms with Gasteiger partial charge in [0.15, 0.2) is 0 Å². The molecule has 1 fully saturated rings. The van der Waals surface area contributed by atoms with Crippen LogP contribution < -0.4 is 0 Å². The molecule has 0 aromatic heterocycles. The van der Waals surface area contributed by atoms with E-state index in [9.17, 15) is 0 Å². The summed E-state index contributed by atoms with van der Waals surface area (Å²) < 4.78 is 5.75. The molecule has 0 aromatic rings. The van der Waals surface area contributed by atoms with Crippen LogP contribution in [0.2, 0.25) is 36.0 Å². The average Bonchev–Trinajstić information content (AvgIpc) is 3.12. The van der Waals surface area contributed by atoms with E-state index in [1.807, 2.05) is 0 Å². The maximum absolute atomic E-state index is 4.56. The van der Waals surface area contributed by atoms with Crippen LogP contribution in [-0.4, -0.2) is 26.5 Å². The second-order valence-corrected chi connectivity index (χ2v) is 29.3. The van der Waals surface area contributed by atoms with Crippen LogP contribution in [-0.2, 0) is 0 Å². The topological polar surface area (TPSA) is 0 Å². The van der Waals surface area contributed by atoms with E-state index in [0.717, 1.165) is 3.05 Å². The van der Waals surface area contributed by atoms with Crippen molar-refractivity contribution in [2.24, 2.45) is 0 Å². The summed E-state index contributed by atoms with van der Waals surface area (Å²) >= 11 is -2.13. The molecule has 0 radical (unpaired) electrons. The second-order valence-electron chi connectivity index (χ2n) is 8.53. The van der Waals surface area contributed by atoms with E-state index in [1.54, 1.807) is 18.9 Å². The number of hydrogen-bond donors (Lipinski definition) is 0. The summed E-state index contributed by atoms with van der Waals surface area (Å²) in [6.07, 6.45) is 10.1. The van der Waals surface area contributed by atoms with Crippen LogP contribution >= 0.6 is 0 Å². The van der Waals surface area contributed by atoms with Gasteiger partial charge in [0.25, 0.3) is 0 Å². The Morgan fingerprint density at radius 2 is 1.24 bits per heavy atom. The Kier molecular flexibility index (Phi) is 7.57. The summed E-state index contributed by atoms with van der Waals surface area (Å²) in [6.45, 7) is 19.7. The molecule has 0 amide bonds. The third-order valence-corrected chi connectivity index (χ3v) is 37.1. The van der Waals surface area contributed by atoms with Crippen molar-refractivity contribution in [2.75, 3.05) is 0 Å². The predicted octanol–water partition coefficient (Wildman–Crippen LogP) is 7.41. The van der Waals surface area contributed by atoms with Crippen LogP contribution in [0.4, 0.5) is 0 Å². The zero-order valence-electron chi connectivity index (χ0n) is 15.8. The molecule has 1 rings (SSSR count). The molecule has 1 saturated carbocycles. The molecular weight excluding hydrogens is 375 g/mol. The molecule has 1 unspecified atom stereocenters. The first-order valence-corrected chi connectivity index (χ1v) is 20.5. The van der Waals surface area contributed by atoms with Crippen molar-refractivity contribution in [3.05, 3.63) is 12.2 Å². The zero-order valence-corrected chi connectivity index (χ0v) is 19.6. The molecule has 0 heterocycles. The first-order valence-electron chi connectivity index (χ1n) is 9.49. The molecule has 1 aliphatic rings. The van der Waals surface area contributed by atoms with Gasteiger partial charge in [-0.3, -0.25) is 0 Å². The molecular formula is C19H40SiSn. The summed E-state index contributed by atoms with van der Waals surface area (Å²) in [5.41, 5.74) is 1.71. The van der Waals surface area contributed by atoms with Gasteiger partial charge in [-0.1, -0.05) is 0 Å². The summed E-state index contributed by atoms with van der Waals surface area (Å²) in [4.78, 5) is 0. The van der Waals surface area contributed by atoms with Gasteiger partial charge in [-0.2, -0.15) is 0 Å². The van der Waals surface area contributed by atoms with Gasteiger partial charge in [0, 0.05) is 0 Å². The average molecular weight is 415 g/mol. The fraction of sp³-hybridized carbons (Fsp3) is 0.895. The molecule has 21 heavy (non-hydrogen) atoms. The molecule has 0 saturated heterocycles. The van der Waals surface area contributed by atoms with E-state index in [1.165, 1.54) is 44.9 Å². The van der Waals surface area contributed by atoms with Gasteiger partial charge >= 0.3 is 140 Å². The standard InChI is InChI=1S/C7H13Si.3C4H9.Sn/c1-6-5-7(6)8(2,3)4;3*1-3-4-2;/h1,5H2,2-4H3;3*1,3-4H2,2H3;. The molecule has 0 nitrogen and oxygen atoms in total. The van der Waals surface area contributed by atoms with E-state index in [4.69, 9.17) is 0 Å². The Labute approximate surface area is 140 Å². The second kappa shape index (κ2) is 8.03. The van der Waals surface area contributed by atoms with Crippen LogP contribution in [0.25, 0.3) is 0 Å². The predicted molar refractivity (Wildman–Crippen MR) is 105 cm³/mol. The SMILES string of the molecule is C=C1C[C]1([Si](C)(C)C)[Sn]([CH2]CCC)([CH2]CCC)[CH2]CCC. The number of allylic oxidation sites excluding steroid dienone is 1. The third kappa shape index (κ3) is 3.99. The summed E-state index contributed by atoms with van der Waals surface area (Å²) in [5.74, 6) is 0. The third-order valence-electron chi connectivity index (χ3n) is 6.17. The molecule has 1 atom stereocenters. The summed E-state index contributed by atoms with van der Waals surface area (Å²) in [5, 5.41) is 0. The van der Waals surface area contributed by atoms with Crippen molar-refractivity contribution in [1.29, 1.82) is 0 Å². The fourth-order valence-electron chi connectivity index (χ4n) is 4.99. The Bertz CT molecular complexity index is 320. The van der Waals surface area contributed by atoms with Crippen molar-refractivity contribution in [2.45, 2.75) is 102 Å². The molecule has 2 heteroatoms. The number of hydrogen-bond acceptors (Lipinski definition) is 0. The monoisotopic (exact) mass is 416 g/mol. The van der Waals surface area contributed by atoms with E-state index >= 15 is 0 Å². The maximum atomic E-state index is 4.56. The van der Waals surface area contributed by atoms with Gasteiger partial charge in [-0.25, -0.2) is 0 Å². The first kappa shape index (κ1) is 19.8. The van der Waals surface area contributed by atoms with Crippen LogP contribution in [0.5, 0.6) is 0 Å². The fourth-order valence-corrected chi connectivity index (χ4v) is 43.0. The van der Waals surface area contributed by atoms with Gasteiger partial charge in [-0.15, -0.1) is 0 Å². The van der Waals surface area contributed by atoms with Crippen LogP contribution in [0.3, 0.4) is 0 Å². The molecule has 0 spiro atoms. The van der Waals surface area contributed by atoms with Crippen molar-refractivity contribution in [3.63, 3.8) is 0 Å². The van der Waals surface area contributed by atoms with E-state index in [0.29, 0.717) is 0 Å². The molecule has 0 bridgehead atoms. The van der Waals surface area contributed by atoms with Gasteiger partial charge < -0.3 is 0 Å². The normalized spacial score (nSPS) is 22.7. The van der Waals surface area contributed by atoms with E-state index in [2.05, 4.69) is 47.0 Å². The van der Waals surface area contributed by atoms with Crippen molar-refractivity contribution in [1.82, 2.24) is 0 Å². The summed E-state index contributed by atoms with van der Waals surface area (Å²) in [6, 6.07) is 0. The van der Waals surface area contributed by atoms with Crippen LogP contribution in [0, 0.1) is 0 Å². The van der Waals surface area contributed by atoms with Gasteiger partial charge in [0.2, 0.25) is 0 Å². The number of rotatable bonds is 11. The van der Waals surface area contributed by atoms with E-state index in [-0.39, 0.29) is 0 Å². The van der Waals surface area contributed by atoms with E-state index < -0.39 is 26.5 Å². The van der Waals surface area contributed by atoms with Gasteiger partial charge in [0.1, 0.15) is 0 Å². The van der Waals surface area contributed by atoms with Gasteiger partial charge in [-0.05, 0) is 0 Å². The molecule has 124 valence electrons. The van der Waals surface area contributed by atoms with Crippen molar-refractivity contribution >= 4 is 26.5 Å². The van der Waals surface area contributed by atoms with Crippen LogP contribution in [0.15, 0.2) is 12.2 Å². The number of unbranched alkanes of at least 4 members (excludes halogenated alkanes) is 3. The van der Waals surface area contributed by atoms with Crippen molar-refractivity contribution < 1.29 is 0 Å². The first-order chi connectivity index (χ1) is 9.81. The Balaban J connectivity index is 3.15. The summed E-state index contributed by atoms with van der Waals surface area (Å²) in [7, 11) is -1.13. The Morgan fingerprint density at radius 3 is 1.43 bits per heavy atom. The minimum absolute atomic E-state index is 0.765. The Morgan fingerprint density at radius 1 is 0.905 bits per heavy atom. The zero-order chi connectivity index (χ0) is 16.1. The van der Waals surface area contributed by atoms with Gasteiger partial charge in [0.05, 0.1) is 0 Å². The molecule has 0 N–H and O–H groups in total. The molecule has 0 aliphatic heterocycles. The quantitative estimate of drug-likeness (QED) is 0.243.